The molecule has 0 amide bonds. The van der Waals surface area contributed by atoms with Crippen molar-refractivity contribution in [3.8, 4) is 0 Å². The molecule has 1 aliphatic rings. The van der Waals surface area contributed by atoms with Gasteiger partial charge in [-0.2, -0.15) is 0 Å². The van der Waals surface area contributed by atoms with Gasteiger partial charge in [0, 0.05) is 24.0 Å². The molecule has 1 unspecified atom stereocenters. The van der Waals surface area contributed by atoms with Gasteiger partial charge in [-0.15, -0.1) is 0 Å². The minimum Gasteiger partial charge on any atom is -0.324 e. The molecule has 0 saturated carbocycles. The first-order valence-electron chi connectivity index (χ1n) is 6.64. The maximum absolute atomic E-state index is 12.1. The van der Waals surface area contributed by atoms with Crippen molar-refractivity contribution in [1.82, 2.24) is 9.55 Å². The summed E-state index contributed by atoms with van der Waals surface area (Å²) in [5.74, 6) is 0. The van der Waals surface area contributed by atoms with E-state index in [4.69, 9.17) is 5.73 Å². The number of hydrogen-bond acceptors (Lipinski definition) is 3. The first kappa shape index (κ1) is 12.1. The van der Waals surface area contributed by atoms with Gasteiger partial charge < -0.3 is 10.3 Å². The van der Waals surface area contributed by atoms with Gasteiger partial charge in [0.2, 0.25) is 0 Å². The normalized spacial score (nSPS) is 18.1. The second-order valence-corrected chi connectivity index (χ2v) is 4.98. The maximum Gasteiger partial charge on any atom is 0.251 e. The predicted octanol–water partition coefficient (Wildman–Crippen LogP) is 1.63. The van der Waals surface area contributed by atoms with Gasteiger partial charge in [0.15, 0.2) is 0 Å². The molecule has 0 saturated heterocycles. The molecular formula is C15H17N3O. The van der Waals surface area contributed by atoms with E-state index < -0.39 is 0 Å². The van der Waals surface area contributed by atoms with Crippen LogP contribution in [0.25, 0.3) is 0 Å². The second kappa shape index (κ2) is 4.97. The lowest BCUT2D eigenvalue weighted by atomic mass is 9.91. The summed E-state index contributed by atoms with van der Waals surface area (Å²) in [5, 5.41) is 0. The fraction of sp³-hybridized carbons (Fsp3) is 0.333. The fourth-order valence-electron chi connectivity index (χ4n) is 2.72. The molecule has 0 bridgehead atoms. The van der Waals surface area contributed by atoms with Gasteiger partial charge in [-0.25, -0.2) is 0 Å². The average Bonchev–Trinajstić information content (AvgIpc) is 2.43. The highest BCUT2D eigenvalue weighted by Gasteiger charge is 2.20. The third kappa shape index (κ3) is 2.31. The van der Waals surface area contributed by atoms with Crippen LogP contribution >= 0.6 is 0 Å². The summed E-state index contributed by atoms with van der Waals surface area (Å²) < 4.78 is 1.82. The van der Waals surface area contributed by atoms with E-state index in [1.807, 2.05) is 28.8 Å². The van der Waals surface area contributed by atoms with Crippen molar-refractivity contribution in [2.24, 2.45) is 5.73 Å². The summed E-state index contributed by atoms with van der Waals surface area (Å²) >= 11 is 0. The van der Waals surface area contributed by atoms with E-state index in [1.54, 1.807) is 12.3 Å². The van der Waals surface area contributed by atoms with Crippen LogP contribution < -0.4 is 11.3 Å². The molecule has 2 aromatic rings. The lowest BCUT2D eigenvalue weighted by molar-refractivity contribution is 0.528. The van der Waals surface area contributed by atoms with E-state index in [0.29, 0.717) is 6.54 Å². The van der Waals surface area contributed by atoms with E-state index in [2.05, 4.69) is 4.98 Å². The third-order valence-corrected chi connectivity index (χ3v) is 3.70. The molecule has 0 fully saturated rings. The molecule has 98 valence electrons. The minimum atomic E-state index is 0.0264. The molecule has 0 aromatic carbocycles. The first-order chi connectivity index (χ1) is 9.25. The lowest BCUT2D eigenvalue weighted by Gasteiger charge is -2.25. The fourth-order valence-corrected chi connectivity index (χ4v) is 2.72. The van der Waals surface area contributed by atoms with Crippen molar-refractivity contribution >= 4 is 0 Å². The number of pyridine rings is 2. The molecule has 0 spiro atoms. The topological polar surface area (TPSA) is 60.9 Å². The van der Waals surface area contributed by atoms with Crippen LogP contribution in [-0.4, -0.2) is 9.55 Å². The number of nitrogens with zero attached hydrogens (tertiary/aromatic N) is 2. The van der Waals surface area contributed by atoms with Crippen LogP contribution in [0.15, 0.2) is 41.3 Å². The van der Waals surface area contributed by atoms with Crippen LogP contribution in [0.1, 0.15) is 35.8 Å². The van der Waals surface area contributed by atoms with Crippen LogP contribution in [0.2, 0.25) is 0 Å². The van der Waals surface area contributed by atoms with Crippen molar-refractivity contribution in [3.63, 3.8) is 0 Å². The Balaban J connectivity index is 2.06. The standard InChI is InChI=1S/C15H17N3O/c16-13-5-3-6-14-12(13)7-8-15(19)18(14)10-11-4-1-2-9-17-11/h1-2,4,7-9,13H,3,5-6,10,16H2. The summed E-state index contributed by atoms with van der Waals surface area (Å²) in [5.41, 5.74) is 9.25. The Kier molecular flexibility index (Phi) is 3.17. The summed E-state index contributed by atoms with van der Waals surface area (Å²) in [6.07, 6.45) is 4.71. The Morgan fingerprint density at radius 3 is 3.00 bits per heavy atom. The monoisotopic (exact) mass is 255 g/mol. The van der Waals surface area contributed by atoms with Crippen LogP contribution in [0.4, 0.5) is 0 Å². The molecule has 3 rings (SSSR count). The van der Waals surface area contributed by atoms with Crippen molar-refractivity contribution < 1.29 is 0 Å². The highest BCUT2D eigenvalue weighted by Crippen LogP contribution is 2.26. The van der Waals surface area contributed by atoms with Crippen LogP contribution in [0.3, 0.4) is 0 Å². The third-order valence-electron chi connectivity index (χ3n) is 3.70. The number of hydrogen-bond donors (Lipinski definition) is 1. The molecule has 2 aromatic heterocycles. The smallest absolute Gasteiger partial charge is 0.251 e. The molecule has 2 N–H and O–H groups in total. The van der Waals surface area contributed by atoms with Gasteiger partial charge >= 0.3 is 0 Å². The van der Waals surface area contributed by atoms with Crippen LogP contribution in [0.5, 0.6) is 0 Å². The molecule has 19 heavy (non-hydrogen) atoms. The Morgan fingerprint density at radius 1 is 1.32 bits per heavy atom. The summed E-state index contributed by atoms with van der Waals surface area (Å²) in [6, 6.07) is 9.31. The molecule has 0 radical (unpaired) electrons. The number of nitrogens with two attached hydrogens (primary N) is 1. The van der Waals surface area contributed by atoms with E-state index in [0.717, 1.165) is 36.2 Å². The molecule has 4 nitrogen and oxygen atoms in total. The SMILES string of the molecule is NC1CCCc2c1ccc(=O)n2Cc1ccccn1. The minimum absolute atomic E-state index is 0.0264. The van der Waals surface area contributed by atoms with Crippen molar-refractivity contribution in [1.29, 1.82) is 0 Å². The molecule has 0 aliphatic heterocycles. The van der Waals surface area contributed by atoms with Gasteiger partial charge in [0.05, 0.1) is 12.2 Å². The Morgan fingerprint density at radius 2 is 2.21 bits per heavy atom. The zero-order valence-corrected chi connectivity index (χ0v) is 10.7. The zero-order valence-electron chi connectivity index (χ0n) is 10.7. The molecule has 2 heterocycles. The van der Waals surface area contributed by atoms with Gasteiger partial charge in [0.25, 0.3) is 5.56 Å². The van der Waals surface area contributed by atoms with Gasteiger partial charge in [0.1, 0.15) is 0 Å². The number of fused-ring (bicyclic) bond motifs is 1. The van der Waals surface area contributed by atoms with Gasteiger partial charge in [-0.3, -0.25) is 9.78 Å². The molecule has 4 heteroatoms. The van der Waals surface area contributed by atoms with Gasteiger partial charge in [-0.05, 0) is 37.0 Å². The summed E-state index contributed by atoms with van der Waals surface area (Å²) in [6.45, 7) is 0.523. The van der Waals surface area contributed by atoms with Crippen LogP contribution in [0, 0.1) is 0 Å². The first-order valence-corrected chi connectivity index (χ1v) is 6.64. The van der Waals surface area contributed by atoms with E-state index in [-0.39, 0.29) is 11.6 Å². The number of aromatic nitrogens is 2. The molecule has 1 aliphatic carbocycles. The number of rotatable bonds is 2. The zero-order chi connectivity index (χ0) is 13.2. The quantitative estimate of drug-likeness (QED) is 0.887. The highest BCUT2D eigenvalue weighted by molar-refractivity contribution is 5.27. The van der Waals surface area contributed by atoms with Crippen molar-refractivity contribution in [2.45, 2.75) is 31.8 Å². The Hall–Kier alpha value is -1.94. The Bertz CT molecular complexity index is 634. The van der Waals surface area contributed by atoms with Crippen LogP contribution in [-0.2, 0) is 13.0 Å². The second-order valence-electron chi connectivity index (χ2n) is 4.98. The van der Waals surface area contributed by atoms with E-state index >= 15 is 0 Å². The lowest BCUT2D eigenvalue weighted by Crippen LogP contribution is -2.29. The molecule has 1 atom stereocenters. The summed E-state index contributed by atoms with van der Waals surface area (Å²) in [7, 11) is 0. The average molecular weight is 255 g/mol. The van der Waals surface area contributed by atoms with E-state index in [9.17, 15) is 4.79 Å². The summed E-state index contributed by atoms with van der Waals surface area (Å²) in [4.78, 5) is 16.4. The Labute approximate surface area is 111 Å². The molecular weight excluding hydrogens is 238 g/mol. The largest absolute Gasteiger partial charge is 0.324 e. The van der Waals surface area contributed by atoms with Gasteiger partial charge in [-0.1, -0.05) is 12.1 Å². The predicted molar refractivity (Wildman–Crippen MR) is 73.9 cm³/mol. The highest BCUT2D eigenvalue weighted by atomic mass is 16.1. The van der Waals surface area contributed by atoms with Crippen molar-refractivity contribution in [2.75, 3.05) is 0 Å². The maximum atomic E-state index is 12.1. The van der Waals surface area contributed by atoms with E-state index in [1.165, 1.54) is 0 Å². The van der Waals surface area contributed by atoms with Crippen molar-refractivity contribution in [3.05, 3.63) is 63.8 Å².